The van der Waals surface area contributed by atoms with Crippen LogP contribution < -0.4 is 0 Å². The van der Waals surface area contributed by atoms with Crippen LogP contribution >= 0.6 is 12.6 Å². The predicted molar refractivity (Wildman–Crippen MR) is 61.1 cm³/mol. The third kappa shape index (κ3) is 5.08. The van der Waals surface area contributed by atoms with Gasteiger partial charge in [-0.1, -0.05) is 46.5 Å². The van der Waals surface area contributed by atoms with Crippen LogP contribution in [0.15, 0.2) is 0 Å². The SMILES string of the molecule is CCCCC(S)(CC)CCCC. The molecule has 0 heterocycles. The summed E-state index contributed by atoms with van der Waals surface area (Å²) in [4.78, 5) is 0. The molecule has 12 heavy (non-hydrogen) atoms. The van der Waals surface area contributed by atoms with E-state index in [4.69, 9.17) is 12.6 Å². The highest BCUT2D eigenvalue weighted by atomic mass is 32.1. The van der Waals surface area contributed by atoms with E-state index >= 15 is 0 Å². The molecule has 0 aliphatic carbocycles. The molecule has 0 aromatic carbocycles. The molecular weight excluding hydrogens is 164 g/mol. The highest BCUT2D eigenvalue weighted by Crippen LogP contribution is 2.31. The smallest absolute Gasteiger partial charge is 0.0127 e. The van der Waals surface area contributed by atoms with E-state index in [1.165, 1.54) is 44.9 Å². The van der Waals surface area contributed by atoms with E-state index in [1.54, 1.807) is 0 Å². The Morgan fingerprint density at radius 3 is 1.58 bits per heavy atom. The van der Waals surface area contributed by atoms with Crippen molar-refractivity contribution in [3.8, 4) is 0 Å². The molecule has 0 unspecified atom stereocenters. The Morgan fingerprint density at radius 2 is 1.33 bits per heavy atom. The van der Waals surface area contributed by atoms with Gasteiger partial charge in [0.15, 0.2) is 0 Å². The summed E-state index contributed by atoms with van der Waals surface area (Å²) in [6, 6.07) is 0. The maximum atomic E-state index is 4.79. The summed E-state index contributed by atoms with van der Waals surface area (Å²) in [5, 5.41) is 0. The molecule has 0 rings (SSSR count). The monoisotopic (exact) mass is 188 g/mol. The maximum absolute atomic E-state index is 4.79. The van der Waals surface area contributed by atoms with Gasteiger partial charge >= 0.3 is 0 Å². The summed E-state index contributed by atoms with van der Waals surface area (Å²) in [7, 11) is 0. The Balaban J connectivity index is 3.70. The Hall–Kier alpha value is 0.350. The Kier molecular flexibility index (Phi) is 7.02. The van der Waals surface area contributed by atoms with Crippen molar-refractivity contribution < 1.29 is 0 Å². The average Bonchev–Trinajstić information content (AvgIpc) is 2.11. The van der Waals surface area contributed by atoms with Gasteiger partial charge in [-0.2, -0.15) is 12.6 Å². The van der Waals surface area contributed by atoms with Crippen molar-refractivity contribution in [3.63, 3.8) is 0 Å². The van der Waals surface area contributed by atoms with Crippen LogP contribution in [0.3, 0.4) is 0 Å². The lowest BCUT2D eigenvalue weighted by molar-refractivity contribution is 0.456. The molecule has 0 amide bonds. The predicted octanol–water partition coefficient (Wildman–Crippen LogP) is 4.45. The Labute approximate surface area is 83.5 Å². The van der Waals surface area contributed by atoms with Gasteiger partial charge in [-0.05, 0) is 19.3 Å². The van der Waals surface area contributed by atoms with Gasteiger partial charge in [0.2, 0.25) is 0 Å². The minimum absolute atomic E-state index is 0.339. The van der Waals surface area contributed by atoms with E-state index in [-0.39, 0.29) is 0 Å². The van der Waals surface area contributed by atoms with Crippen molar-refractivity contribution >= 4 is 12.6 Å². The van der Waals surface area contributed by atoms with Crippen LogP contribution in [-0.4, -0.2) is 4.75 Å². The van der Waals surface area contributed by atoms with Gasteiger partial charge in [0.05, 0.1) is 0 Å². The lowest BCUT2D eigenvalue weighted by Gasteiger charge is -2.26. The quantitative estimate of drug-likeness (QED) is 0.561. The summed E-state index contributed by atoms with van der Waals surface area (Å²) < 4.78 is 0.339. The second-order valence-corrected chi connectivity index (χ2v) is 4.73. The fourth-order valence-electron chi connectivity index (χ4n) is 1.49. The fraction of sp³-hybridized carbons (Fsp3) is 1.00. The van der Waals surface area contributed by atoms with Crippen molar-refractivity contribution in [2.24, 2.45) is 0 Å². The molecule has 0 radical (unpaired) electrons. The summed E-state index contributed by atoms with van der Waals surface area (Å²) >= 11 is 4.79. The summed E-state index contributed by atoms with van der Waals surface area (Å²) in [5.41, 5.74) is 0. The standard InChI is InChI=1S/C11H24S/c1-4-7-9-11(12,6-3)10-8-5-2/h12H,4-10H2,1-3H3. The van der Waals surface area contributed by atoms with Crippen molar-refractivity contribution in [1.82, 2.24) is 0 Å². The van der Waals surface area contributed by atoms with Crippen LogP contribution in [0, 0.1) is 0 Å². The zero-order valence-electron chi connectivity index (χ0n) is 8.90. The molecule has 0 saturated heterocycles. The van der Waals surface area contributed by atoms with E-state index in [0.29, 0.717) is 4.75 Å². The molecule has 0 aliphatic rings. The molecule has 0 spiro atoms. The average molecular weight is 188 g/mol. The summed E-state index contributed by atoms with van der Waals surface area (Å²) in [6.45, 7) is 6.77. The molecule has 0 saturated carbocycles. The zero-order valence-corrected chi connectivity index (χ0v) is 9.79. The number of rotatable bonds is 7. The number of hydrogen-bond donors (Lipinski definition) is 1. The highest BCUT2D eigenvalue weighted by molar-refractivity contribution is 7.81. The van der Waals surface area contributed by atoms with E-state index in [0.717, 1.165) is 0 Å². The van der Waals surface area contributed by atoms with Gasteiger partial charge < -0.3 is 0 Å². The third-order valence-corrected chi connectivity index (χ3v) is 3.41. The number of hydrogen-bond acceptors (Lipinski definition) is 1. The van der Waals surface area contributed by atoms with Gasteiger partial charge in [-0.3, -0.25) is 0 Å². The summed E-state index contributed by atoms with van der Waals surface area (Å²) in [6.07, 6.45) is 9.08. The van der Waals surface area contributed by atoms with Crippen LogP contribution in [0.4, 0.5) is 0 Å². The highest BCUT2D eigenvalue weighted by Gasteiger charge is 2.21. The topological polar surface area (TPSA) is 0 Å². The van der Waals surface area contributed by atoms with E-state index in [2.05, 4.69) is 20.8 Å². The van der Waals surface area contributed by atoms with Gasteiger partial charge in [0, 0.05) is 4.75 Å². The van der Waals surface area contributed by atoms with Gasteiger partial charge in [-0.25, -0.2) is 0 Å². The first-order valence-corrected chi connectivity index (χ1v) is 5.85. The zero-order chi connectivity index (χ0) is 9.45. The molecule has 0 aromatic rings. The third-order valence-electron chi connectivity index (χ3n) is 2.65. The first kappa shape index (κ1) is 12.3. The van der Waals surface area contributed by atoms with Crippen molar-refractivity contribution in [2.45, 2.75) is 70.5 Å². The molecule has 0 fully saturated rings. The first-order chi connectivity index (χ1) is 5.68. The fourth-order valence-corrected chi connectivity index (χ4v) is 1.81. The van der Waals surface area contributed by atoms with Crippen LogP contribution in [0.1, 0.15) is 65.7 Å². The summed E-state index contributed by atoms with van der Waals surface area (Å²) in [5.74, 6) is 0. The molecule has 74 valence electrons. The lowest BCUT2D eigenvalue weighted by Crippen LogP contribution is -2.20. The largest absolute Gasteiger partial charge is 0.173 e. The molecule has 0 aromatic heterocycles. The van der Waals surface area contributed by atoms with Crippen molar-refractivity contribution in [1.29, 1.82) is 0 Å². The van der Waals surface area contributed by atoms with Gasteiger partial charge in [-0.15, -0.1) is 0 Å². The van der Waals surface area contributed by atoms with Gasteiger partial charge in [0.25, 0.3) is 0 Å². The number of thiol groups is 1. The lowest BCUT2D eigenvalue weighted by atomic mass is 9.92. The van der Waals surface area contributed by atoms with Crippen molar-refractivity contribution in [3.05, 3.63) is 0 Å². The van der Waals surface area contributed by atoms with Crippen LogP contribution in [-0.2, 0) is 0 Å². The Morgan fingerprint density at radius 1 is 0.917 bits per heavy atom. The first-order valence-electron chi connectivity index (χ1n) is 5.41. The molecule has 1 heteroatoms. The minimum atomic E-state index is 0.339. The minimum Gasteiger partial charge on any atom is -0.173 e. The molecular formula is C11H24S. The molecule has 0 N–H and O–H groups in total. The van der Waals surface area contributed by atoms with Gasteiger partial charge in [0.1, 0.15) is 0 Å². The maximum Gasteiger partial charge on any atom is 0.0127 e. The van der Waals surface area contributed by atoms with E-state index < -0.39 is 0 Å². The van der Waals surface area contributed by atoms with E-state index in [1.807, 2.05) is 0 Å². The van der Waals surface area contributed by atoms with Crippen LogP contribution in [0.25, 0.3) is 0 Å². The molecule has 0 bridgehead atoms. The van der Waals surface area contributed by atoms with Crippen LogP contribution in [0.5, 0.6) is 0 Å². The Bertz CT molecular complexity index is 91.2. The second kappa shape index (κ2) is 6.82. The van der Waals surface area contributed by atoms with Crippen molar-refractivity contribution in [2.75, 3.05) is 0 Å². The molecule has 0 atom stereocenters. The van der Waals surface area contributed by atoms with E-state index in [9.17, 15) is 0 Å². The number of unbranched alkanes of at least 4 members (excludes halogenated alkanes) is 2. The second-order valence-electron chi connectivity index (χ2n) is 3.79. The normalized spacial score (nSPS) is 12.0. The van der Waals surface area contributed by atoms with Crippen LogP contribution in [0.2, 0.25) is 0 Å². The molecule has 0 aliphatic heterocycles. The molecule has 0 nitrogen and oxygen atoms in total.